The second-order valence-corrected chi connectivity index (χ2v) is 20.2. The minimum absolute atomic E-state index is 0.0366. The Morgan fingerprint density at radius 2 is 1.52 bits per heavy atom. The van der Waals surface area contributed by atoms with Crippen molar-refractivity contribution in [3.05, 3.63) is 47.6 Å². The zero-order valence-corrected chi connectivity index (χ0v) is 42.9. The standard InChI is InChI=1S/C53H81F2NO13/c1-31-17-13-12-14-18-32(2)43(63-8)29-39-22-20-37(7)53(62,69-39)49(59)50(60)56-24-16-15-19-40(56)51(61)67-44(34(4)27-38-21-23-42(68-52(54)55)45(28-38)64-9)30-41(57)33(3)26-36(6)47(65-10)48(66-11)46(58)35(5)25-31/h12-14,17-18,26,31,33-35,37-40,42-45,47-48,52,62H,15-16,19-25,27-30H2,1-11H3/b14-12+,17-13+,32-18+,36-26+/t31-,33-,34-,35-,37-,38+,39+,40+,42-,43+,44+,45-,47-,48+,53-/m1/s1. The zero-order valence-electron chi connectivity index (χ0n) is 42.9. The number of nitrogens with zero attached hydrogens (tertiary/aromatic N) is 1. The summed E-state index contributed by atoms with van der Waals surface area (Å²) in [6.07, 6.45) is 10.7. The molecule has 2 saturated heterocycles. The van der Waals surface area contributed by atoms with Crippen LogP contribution in [0.15, 0.2) is 47.6 Å². The van der Waals surface area contributed by atoms with Crippen molar-refractivity contribution in [3.63, 3.8) is 0 Å². The van der Waals surface area contributed by atoms with Crippen molar-refractivity contribution < 1.29 is 71.0 Å². The van der Waals surface area contributed by atoms with Crippen molar-refractivity contribution in [2.24, 2.45) is 35.5 Å². The number of methoxy groups -OCH3 is 4. The fraction of sp³-hybridized carbons (Fsp3) is 0.755. The van der Waals surface area contributed by atoms with E-state index in [-0.39, 0.29) is 48.7 Å². The first-order valence-electron chi connectivity index (χ1n) is 25.0. The van der Waals surface area contributed by atoms with Crippen LogP contribution in [-0.2, 0) is 57.1 Å². The smallest absolute Gasteiger partial charge is 0.345 e. The predicted molar refractivity (Wildman–Crippen MR) is 255 cm³/mol. The number of ketones is 3. The van der Waals surface area contributed by atoms with E-state index in [4.69, 9.17) is 33.2 Å². The van der Waals surface area contributed by atoms with Crippen molar-refractivity contribution in [3.8, 4) is 0 Å². The van der Waals surface area contributed by atoms with Crippen LogP contribution >= 0.6 is 0 Å². The Hall–Kier alpha value is -3.51. The maximum atomic E-state index is 14.5. The number of aliphatic hydroxyl groups is 1. The summed E-state index contributed by atoms with van der Waals surface area (Å²) in [7, 11) is 5.96. The lowest BCUT2D eigenvalue weighted by molar-refractivity contribution is -0.265. The van der Waals surface area contributed by atoms with Crippen molar-refractivity contribution >= 4 is 29.2 Å². The van der Waals surface area contributed by atoms with Crippen molar-refractivity contribution in [1.29, 1.82) is 0 Å². The molecular formula is C53H81F2NO13. The number of rotatable bonds is 9. The van der Waals surface area contributed by atoms with Crippen molar-refractivity contribution in [2.75, 3.05) is 35.0 Å². The molecule has 3 heterocycles. The molecule has 15 atom stereocenters. The highest BCUT2D eigenvalue weighted by molar-refractivity contribution is 6.39. The van der Waals surface area contributed by atoms with E-state index in [2.05, 4.69) is 0 Å². The molecule has 0 aromatic heterocycles. The van der Waals surface area contributed by atoms with Gasteiger partial charge >= 0.3 is 12.6 Å². The molecule has 1 saturated carbocycles. The van der Waals surface area contributed by atoms with Crippen LogP contribution in [0.1, 0.15) is 126 Å². The summed E-state index contributed by atoms with van der Waals surface area (Å²) in [6.45, 7) is 9.93. The minimum atomic E-state index is -2.95. The first-order chi connectivity index (χ1) is 32.7. The lowest BCUT2D eigenvalue weighted by Gasteiger charge is -2.42. The Morgan fingerprint density at radius 3 is 2.17 bits per heavy atom. The van der Waals surface area contributed by atoms with Gasteiger partial charge in [0.05, 0.1) is 24.4 Å². The average Bonchev–Trinajstić information content (AvgIpc) is 3.32. The molecule has 4 aliphatic rings. The molecule has 1 aliphatic carbocycles. The molecule has 1 N–H and O–H groups in total. The Kier molecular flexibility index (Phi) is 23.0. The summed E-state index contributed by atoms with van der Waals surface area (Å²) in [4.78, 5) is 72.4. The monoisotopic (exact) mass is 978 g/mol. The Balaban J connectivity index is 1.72. The quantitative estimate of drug-likeness (QED) is 0.134. The number of halogens is 2. The molecule has 0 aromatic carbocycles. The van der Waals surface area contributed by atoms with Gasteiger partial charge < -0.3 is 43.2 Å². The molecular weight excluding hydrogens is 897 g/mol. The van der Waals surface area contributed by atoms with Crippen LogP contribution in [0, 0.1) is 35.5 Å². The number of esters is 1. The van der Waals surface area contributed by atoms with E-state index < -0.39 is 96.6 Å². The maximum Gasteiger partial charge on any atom is 0.345 e. The third-order valence-electron chi connectivity index (χ3n) is 15.0. The van der Waals surface area contributed by atoms with Gasteiger partial charge in [-0.15, -0.1) is 0 Å². The van der Waals surface area contributed by atoms with Crippen LogP contribution in [0.4, 0.5) is 8.78 Å². The summed E-state index contributed by atoms with van der Waals surface area (Å²) >= 11 is 0. The van der Waals surface area contributed by atoms with E-state index in [1.807, 2.05) is 58.1 Å². The molecule has 14 nitrogen and oxygen atoms in total. The highest BCUT2D eigenvalue weighted by Gasteiger charge is 2.53. The molecule has 16 heteroatoms. The van der Waals surface area contributed by atoms with Crippen LogP contribution in [0.2, 0.25) is 0 Å². The normalized spacial score (nSPS) is 38.9. The molecule has 1 amide bonds. The van der Waals surface area contributed by atoms with Gasteiger partial charge in [0.25, 0.3) is 11.7 Å². The van der Waals surface area contributed by atoms with Gasteiger partial charge in [-0.3, -0.25) is 19.2 Å². The maximum absolute atomic E-state index is 14.5. The fourth-order valence-electron chi connectivity index (χ4n) is 10.7. The van der Waals surface area contributed by atoms with E-state index >= 15 is 0 Å². The summed E-state index contributed by atoms with van der Waals surface area (Å²) in [5.74, 6) is -8.13. The van der Waals surface area contributed by atoms with E-state index in [9.17, 15) is 37.9 Å². The summed E-state index contributed by atoms with van der Waals surface area (Å²) in [6, 6.07) is -1.18. The Labute approximate surface area is 408 Å². The largest absolute Gasteiger partial charge is 0.460 e. The molecule has 0 spiro atoms. The first kappa shape index (κ1) is 58.1. The van der Waals surface area contributed by atoms with E-state index in [1.54, 1.807) is 34.0 Å². The van der Waals surface area contributed by atoms with Gasteiger partial charge in [-0.25, -0.2) is 4.79 Å². The SMILES string of the molecule is CO[C@H]1C[C@@H]2CC[C@@H](C)[C@@](O)(O2)C(=O)C(=O)N2CCCC[C@H]2C(=O)O[C@H]([C@H](C)C[C@@H]2CC[C@@H](OC(F)F)[C@H](OC)C2)CC(=O)[C@H](C)/C=C(\C)[C@@H](OC)[C@@H](OC)C(=O)[C@H](C)C[C@H](C)/C=C/C=C/C=C/1C. The number of Topliss-reactive ketones (excluding diaryl/α,β-unsaturated/α-hetero) is 3. The van der Waals surface area contributed by atoms with Crippen LogP contribution < -0.4 is 0 Å². The molecule has 3 fully saturated rings. The van der Waals surface area contributed by atoms with Gasteiger partial charge in [-0.05, 0) is 107 Å². The van der Waals surface area contributed by atoms with E-state index in [0.29, 0.717) is 69.8 Å². The molecule has 0 radical (unpaired) electrons. The van der Waals surface area contributed by atoms with Crippen LogP contribution in [0.3, 0.4) is 0 Å². The second kappa shape index (κ2) is 27.4. The number of carbonyl (C=O) groups is 5. The van der Waals surface area contributed by atoms with E-state index in [0.717, 1.165) is 5.57 Å². The van der Waals surface area contributed by atoms with Crippen molar-refractivity contribution in [2.45, 2.75) is 187 Å². The number of carbonyl (C=O) groups excluding carboxylic acids is 5. The lowest BCUT2D eigenvalue weighted by Crippen LogP contribution is -2.61. The van der Waals surface area contributed by atoms with Gasteiger partial charge in [-0.2, -0.15) is 8.78 Å². The topological polar surface area (TPSA) is 173 Å². The van der Waals surface area contributed by atoms with E-state index in [1.165, 1.54) is 26.2 Å². The third kappa shape index (κ3) is 15.7. The van der Waals surface area contributed by atoms with Crippen LogP contribution in [0.25, 0.3) is 0 Å². The number of allylic oxidation sites excluding steroid dienone is 6. The molecule has 69 heavy (non-hydrogen) atoms. The molecule has 2 bridgehead atoms. The van der Waals surface area contributed by atoms with Crippen LogP contribution in [-0.4, -0.2) is 135 Å². The zero-order chi connectivity index (χ0) is 51.2. The van der Waals surface area contributed by atoms with Gasteiger partial charge in [0.2, 0.25) is 5.79 Å². The fourth-order valence-corrected chi connectivity index (χ4v) is 10.7. The molecule has 0 aromatic rings. The lowest BCUT2D eigenvalue weighted by atomic mass is 9.78. The number of fused-ring (bicyclic) bond motifs is 3. The number of piperidine rings is 1. The first-order valence-corrected chi connectivity index (χ1v) is 25.0. The second-order valence-electron chi connectivity index (χ2n) is 20.2. The summed E-state index contributed by atoms with van der Waals surface area (Å²) in [5, 5.41) is 12.0. The summed E-state index contributed by atoms with van der Waals surface area (Å²) in [5.41, 5.74) is 1.48. The van der Waals surface area contributed by atoms with Gasteiger partial charge in [0.15, 0.2) is 5.78 Å². The predicted octanol–water partition coefficient (Wildman–Crippen LogP) is 8.08. The summed E-state index contributed by atoms with van der Waals surface area (Å²) < 4.78 is 66.8. The van der Waals surface area contributed by atoms with Crippen LogP contribution in [0.5, 0.6) is 0 Å². The molecule has 3 aliphatic heterocycles. The number of ether oxygens (including phenoxy) is 7. The molecule has 4 rings (SSSR count). The minimum Gasteiger partial charge on any atom is -0.460 e. The average molecular weight is 978 g/mol. The number of hydrogen-bond acceptors (Lipinski definition) is 13. The number of amides is 1. The highest BCUT2D eigenvalue weighted by Crippen LogP contribution is 2.38. The Bertz CT molecular complexity index is 1850. The number of hydrogen-bond donors (Lipinski definition) is 1. The molecule has 0 unspecified atom stereocenters. The third-order valence-corrected chi connectivity index (χ3v) is 15.0. The van der Waals surface area contributed by atoms with Gasteiger partial charge in [0, 0.05) is 65.6 Å². The number of alkyl halides is 2. The Morgan fingerprint density at radius 1 is 0.812 bits per heavy atom. The molecule has 390 valence electrons. The van der Waals surface area contributed by atoms with Gasteiger partial charge in [-0.1, -0.05) is 71.1 Å². The van der Waals surface area contributed by atoms with Gasteiger partial charge in [0.1, 0.15) is 30.1 Å². The van der Waals surface area contributed by atoms with Crippen molar-refractivity contribution in [1.82, 2.24) is 4.90 Å². The highest BCUT2D eigenvalue weighted by atomic mass is 19.3. The number of cyclic esters (lactones) is 1.